The average molecular weight is 449 g/mol. The van der Waals surface area contributed by atoms with Crippen molar-refractivity contribution in [2.24, 2.45) is 0 Å². The molecule has 0 bridgehead atoms. The van der Waals surface area contributed by atoms with Crippen molar-refractivity contribution in [2.45, 2.75) is 31.7 Å². The van der Waals surface area contributed by atoms with Gasteiger partial charge in [-0.2, -0.15) is 0 Å². The van der Waals surface area contributed by atoms with Gasteiger partial charge in [-0.1, -0.05) is 42.5 Å². The first-order valence-electron chi connectivity index (χ1n) is 10.6. The number of thioether (sulfide) groups is 1. The molecule has 0 saturated heterocycles. The van der Waals surface area contributed by atoms with Crippen LogP contribution in [0.5, 0.6) is 0 Å². The third-order valence-corrected chi connectivity index (χ3v) is 6.51. The predicted molar refractivity (Wildman–Crippen MR) is 127 cm³/mol. The highest BCUT2D eigenvalue weighted by Gasteiger charge is 2.31. The van der Waals surface area contributed by atoms with E-state index in [1.54, 1.807) is 12.1 Å². The van der Waals surface area contributed by atoms with Gasteiger partial charge in [0.2, 0.25) is 5.91 Å². The first-order chi connectivity index (χ1) is 15.5. The second-order valence-corrected chi connectivity index (χ2v) is 8.94. The lowest BCUT2D eigenvalue weighted by molar-refractivity contribution is -0.118. The first kappa shape index (κ1) is 22.1. The third kappa shape index (κ3) is 5.19. The van der Waals surface area contributed by atoms with Gasteiger partial charge in [0, 0.05) is 29.6 Å². The Kier molecular flexibility index (Phi) is 6.90. The molecule has 0 spiro atoms. The van der Waals surface area contributed by atoms with E-state index in [1.807, 2.05) is 47.4 Å². The van der Waals surface area contributed by atoms with Gasteiger partial charge in [-0.15, -0.1) is 11.8 Å². The van der Waals surface area contributed by atoms with Crippen molar-refractivity contribution in [1.82, 2.24) is 5.32 Å². The molecule has 0 aliphatic carbocycles. The topological polar surface area (TPSA) is 49.4 Å². The van der Waals surface area contributed by atoms with Crippen LogP contribution in [0.2, 0.25) is 0 Å². The third-order valence-electron chi connectivity index (χ3n) is 5.51. The molecule has 0 saturated carbocycles. The van der Waals surface area contributed by atoms with E-state index in [4.69, 9.17) is 0 Å². The number of amides is 2. The lowest BCUT2D eigenvalue weighted by Gasteiger charge is -2.23. The second kappa shape index (κ2) is 10.0. The molecule has 1 N–H and O–H groups in total. The molecule has 3 aromatic rings. The summed E-state index contributed by atoms with van der Waals surface area (Å²) in [4.78, 5) is 27.2. The molecule has 2 amide bonds. The lowest BCUT2D eigenvalue weighted by atomic mass is 10.1. The van der Waals surface area contributed by atoms with E-state index in [-0.39, 0.29) is 23.7 Å². The van der Waals surface area contributed by atoms with E-state index >= 15 is 0 Å². The number of benzene rings is 3. The van der Waals surface area contributed by atoms with Crippen LogP contribution in [0.1, 0.15) is 34.0 Å². The van der Waals surface area contributed by atoms with Crippen LogP contribution in [-0.2, 0) is 23.5 Å². The van der Waals surface area contributed by atoms with Crippen molar-refractivity contribution in [3.63, 3.8) is 0 Å². The molecular formula is C26H25FN2O2S. The predicted octanol–water partition coefficient (Wildman–Crippen LogP) is 4.97. The highest BCUT2D eigenvalue weighted by molar-refractivity contribution is 7.99. The van der Waals surface area contributed by atoms with Gasteiger partial charge in [-0.25, -0.2) is 4.39 Å². The second-order valence-electron chi connectivity index (χ2n) is 7.95. The molecule has 0 radical (unpaired) electrons. The fourth-order valence-corrected chi connectivity index (χ4v) is 4.70. The molecule has 0 aromatic heterocycles. The normalized spacial score (nSPS) is 14.8. The van der Waals surface area contributed by atoms with Crippen molar-refractivity contribution in [3.8, 4) is 0 Å². The molecule has 164 valence electrons. The fourth-order valence-electron chi connectivity index (χ4n) is 3.89. The zero-order valence-electron chi connectivity index (χ0n) is 17.9. The Morgan fingerprint density at radius 2 is 1.75 bits per heavy atom. The van der Waals surface area contributed by atoms with Gasteiger partial charge in [-0.3, -0.25) is 9.59 Å². The van der Waals surface area contributed by atoms with Crippen LogP contribution >= 0.6 is 11.8 Å². The zero-order chi connectivity index (χ0) is 22.5. The Morgan fingerprint density at radius 3 is 2.50 bits per heavy atom. The number of nitrogens with one attached hydrogen (secondary N) is 1. The van der Waals surface area contributed by atoms with Crippen molar-refractivity contribution < 1.29 is 14.0 Å². The van der Waals surface area contributed by atoms with Gasteiger partial charge in [0.15, 0.2) is 0 Å². The van der Waals surface area contributed by atoms with Crippen LogP contribution in [-0.4, -0.2) is 23.6 Å². The molecule has 0 unspecified atom stereocenters. The first-order valence-corrected chi connectivity index (χ1v) is 11.8. The summed E-state index contributed by atoms with van der Waals surface area (Å²) in [5, 5.41) is 2.95. The quantitative estimate of drug-likeness (QED) is 0.555. The minimum atomic E-state index is -0.260. The fraction of sp³-hybridized carbons (Fsp3) is 0.231. The minimum absolute atomic E-state index is 0.00442. The maximum atomic E-state index is 13.1. The summed E-state index contributed by atoms with van der Waals surface area (Å²) in [6, 6.07) is 21.8. The number of hydrogen-bond acceptors (Lipinski definition) is 3. The van der Waals surface area contributed by atoms with Crippen LogP contribution in [0.15, 0.2) is 72.8 Å². The number of halogens is 1. The number of carbonyl (C=O) groups excluding carboxylic acids is 2. The Bertz CT molecular complexity index is 1100. The van der Waals surface area contributed by atoms with Gasteiger partial charge in [-0.05, 0) is 60.4 Å². The number of rotatable bonds is 7. The Balaban J connectivity index is 1.34. The van der Waals surface area contributed by atoms with Crippen molar-refractivity contribution >= 4 is 29.3 Å². The largest absolute Gasteiger partial charge is 0.351 e. The summed E-state index contributed by atoms with van der Waals surface area (Å²) in [5.74, 6) is 0.668. The SMILES string of the molecule is C[C@H]1Cc2ccc(CNC(=O)CSCc3ccc(F)cc3)cc2N1C(=O)c1ccccc1. The number of fused-ring (bicyclic) bond motifs is 1. The van der Waals surface area contributed by atoms with Gasteiger partial charge >= 0.3 is 0 Å². The van der Waals surface area contributed by atoms with Crippen molar-refractivity contribution in [1.29, 1.82) is 0 Å². The van der Waals surface area contributed by atoms with Crippen LogP contribution in [0.3, 0.4) is 0 Å². The molecule has 0 fully saturated rings. The van der Waals surface area contributed by atoms with E-state index in [0.717, 1.165) is 28.8 Å². The smallest absolute Gasteiger partial charge is 0.258 e. The van der Waals surface area contributed by atoms with Gasteiger partial charge in [0.25, 0.3) is 5.91 Å². The maximum absolute atomic E-state index is 13.1. The average Bonchev–Trinajstić information content (AvgIpc) is 3.14. The van der Waals surface area contributed by atoms with Crippen LogP contribution in [0.4, 0.5) is 10.1 Å². The van der Waals surface area contributed by atoms with E-state index in [1.165, 1.54) is 23.9 Å². The lowest BCUT2D eigenvalue weighted by Crippen LogP contribution is -2.35. The molecule has 4 nitrogen and oxygen atoms in total. The van der Waals surface area contributed by atoms with Crippen LogP contribution < -0.4 is 10.2 Å². The van der Waals surface area contributed by atoms with Crippen LogP contribution in [0.25, 0.3) is 0 Å². The van der Waals surface area contributed by atoms with E-state index < -0.39 is 0 Å². The molecule has 32 heavy (non-hydrogen) atoms. The summed E-state index contributed by atoms with van der Waals surface area (Å²) >= 11 is 1.49. The number of carbonyl (C=O) groups is 2. The van der Waals surface area contributed by atoms with E-state index in [0.29, 0.717) is 23.6 Å². The Labute approximate surface area is 191 Å². The van der Waals surface area contributed by atoms with Gasteiger partial charge in [0.05, 0.1) is 5.75 Å². The van der Waals surface area contributed by atoms with E-state index in [2.05, 4.69) is 18.3 Å². The molecule has 4 rings (SSSR count). The number of hydrogen-bond donors (Lipinski definition) is 1. The van der Waals surface area contributed by atoms with Crippen molar-refractivity contribution in [2.75, 3.05) is 10.7 Å². The minimum Gasteiger partial charge on any atom is -0.351 e. The van der Waals surface area contributed by atoms with E-state index in [9.17, 15) is 14.0 Å². The van der Waals surface area contributed by atoms with Gasteiger partial charge < -0.3 is 10.2 Å². The highest BCUT2D eigenvalue weighted by atomic mass is 32.2. The maximum Gasteiger partial charge on any atom is 0.258 e. The zero-order valence-corrected chi connectivity index (χ0v) is 18.7. The molecule has 6 heteroatoms. The van der Waals surface area contributed by atoms with Gasteiger partial charge in [0.1, 0.15) is 5.82 Å². The Hall–Kier alpha value is -3.12. The Morgan fingerprint density at radius 1 is 1.03 bits per heavy atom. The standard InChI is InChI=1S/C26H25FN2O2S/c1-18-13-22-10-7-20(14-24(22)29(18)26(31)21-5-3-2-4-6-21)15-28-25(30)17-32-16-19-8-11-23(27)12-9-19/h2-12,14,18H,13,15-17H2,1H3,(H,28,30)/t18-/m0/s1. The molecule has 1 atom stereocenters. The number of anilines is 1. The summed E-state index contributed by atoms with van der Waals surface area (Å²) in [5.41, 5.74) is 4.68. The molecule has 1 heterocycles. The number of nitrogens with zero attached hydrogens (tertiary/aromatic N) is 1. The highest BCUT2D eigenvalue weighted by Crippen LogP contribution is 2.34. The molecule has 1 aliphatic rings. The monoisotopic (exact) mass is 448 g/mol. The summed E-state index contributed by atoms with van der Waals surface area (Å²) in [7, 11) is 0. The molecular weight excluding hydrogens is 423 g/mol. The molecule has 3 aromatic carbocycles. The molecule has 1 aliphatic heterocycles. The van der Waals surface area contributed by atoms with Crippen LogP contribution in [0, 0.1) is 5.82 Å². The summed E-state index contributed by atoms with van der Waals surface area (Å²) < 4.78 is 13.0. The van der Waals surface area contributed by atoms with Crippen molar-refractivity contribution in [3.05, 3.63) is 101 Å². The summed E-state index contributed by atoms with van der Waals surface area (Å²) in [6.07, 6.45) is 0.820. The summed E-state index contributed by atoms with van der Waals surface area (Å²) in [6.45, 7) is 2.46.